The van der Waals surface area contributed by atoms with Gasteiger partial charge in [-0.1, -0.05) is 19.3 Å². The highest BCUT2D eigenvalue weighted by Gasteiger charge is 2.26. The molecule has 0 heterocycles. The minimum atomic E-state index is -0.468. The minimum absolute atomic E-state index is 0.0563. The monoisotopic (exact) mass is 305 g/mol. The smallest absolute Gasteiger partial charge is 0.263 e. The summed E-state index contributed by atoms with van der Waals surface area (Å²) < 4.78 is 11.2. The number of likely N-dealkylation sites (N-methyl/N-ethyl adjacent to an activating group) is 1. The maximum atomic E-state index is 12.5. The molecule has 1 aliphatic rings. The Morgan fingerprint density at radius 3 is 2.36 bits per heavy atom. The van der Waals surface area contributed by atoms with Crippen molar-refractivity contribution in [3.05, 3.63) is 24.3 Å². The maximum absolute atomic E-state index is 12.5. The highest BCUT2D eigenvalue weighted by molar-refractivity contribution is 5.81. The van der Waals surface area contributed by atoms with E-state index in [9.17, 15) is 4.79 Å². The van der Waals surface area contributed by atoms with Gasteiger partial charge >= 0.3 is 0 Å². The number of hydrogen-bond donors (Lipinski definition) is 0. The van der Waals surface area contributed by atoms with Gasteiger partial charge in [-0.2, -0.15) is 0 Å². The lowest BCUT2D eigenvalue weighted by molar-refractivity contribution is -0.139. The quantitative estimate of drug-likeness (QED) is 0.805. The molecule has 0 spiro atoms. The molecule has 0 aliphatic heterocycles. The van der Waals surface area contributed by atoms with Crippen LogP contribution >= 0.6 is 0 Å². The third kappa shape index (κ3) is 4.39. The highest BCUT2D eigenvalue weighted by Crippen LogP contribution is 2.23. The molecule has 0 saturated heterocycles. The molecule has 1 amide bonds. The van der Waals surface area contributed by atoms with Gasteiger partial charge in [-0.25, -0.2) is 0 Å². The van der Waals surface area contributed by atoms with Gasteiger partial charge in [-0.05, 0) is 51.0 Å². The predicted octanol–water partition coefficient (Wildman–Crippen LogP) is 3.64. The molecule has 1 aromatic carbocycles. The fraction of sp³-hybridized carbons (Fsp3) is 0.611. The molecule has 0 aromatic heterocycles. The standard InChI is InChI=1S/C18H27NO3/c1-4-21-16-10-12-17(13-11-16)22-14(2)18(20)19(3)15-8-6-5-7-9-15/h10-15H,4-9H2,1-3H3. The molecule has 4 nitrogen and oxygen atoms in total. The van der Waals surface area contributed by atoms with Crippen molar-refractivity contribution in [3.8, 4) is 11.5 Å². The molecule has 0 radical (unpaired) electrons. The van der Waals surface area contributed by atoms with E-state index < -0.39 is 6.10 Å². The molecule has 1 atom stereocenters. The van der Waals surface area contributed by atoms with Gasteiger partial charge in [0.25, 0.3) is 5.91 Å². The first kappa shape index (κ1) is 16.7. The summed E-state index contributed by atoms with van der Waals surface area (Å²) in [5.74, 6) is 1.57. The Balaban J connectivity index is 1.89. The number of rotatable bonds is 6. The van der Waals surface area contributed by atoms with E-state index in [1.54, 1.807) is 0 Å². The average molecular weight is 305 g/mol. The summed E-state index contributed by atoms with van der Waals surface area (Å²) in [4.78, 5) is 14.4. The van der Waals surface area contributed by atoms with Crippen LogP contribution < -0.4 is 9.47 Å². The molecule has 1 aliphatic carbocycles. The number of carbonyl (C=O) groups excluding carboxylic acids is 1. The van der Waals surface area contributed by atoms with Crippen LogP contribution in [0.5, 0.6) is 11.5 Å². The maximum Gasteiger partial charge on any atom is 0.263 e. The summed E-state index contributed by atoms with van der Waals surface area (Å²) in [6, 6.07) is 7.78. The van der Waals surface area contributed by atoms with Crippen LogP contribution in [0.25, 0.3) is 0 Å². The molecule has 1 unspecified atom stereocenters. The van der Waals surface area contributed by atoms with Gasteiger partial charge in [0.15, 0.2) is 6.10 Å². The van der Waals surface area contributed by atoms with Crippen LogP contribution in [0.1, 0.15) is 46.0 Å². The van der Waals surface area contributed by atoms with Gasteiger partial charge in [0.2, 0.25) is 0 Å². The molecule has 122 valence electrons. The second-order valence-electron chi connectivity index (χ2n) is 5.91. The third-order valence-corrected chi connectivity index (χ3v) is 4.27. The van der Waals surface area contributed by atoms with Crippen LogP contribution in [0.3, 0.4) is 0 Å². The van der Waals surface area contributed by atoms with E-state index in [1.807, 2.05) is 50.1 Å². The molecule has 1 aromatic rings. The summed E-state index contributed by atoms with van der Waals surface area (Å²) >= 11 is 0. The SMILES string of the molecule is CCOc1ccc(OC(C)C(=O)N(C)C2CCCCC2)cc1. The molecular formula is C18H27NO3. The van der Waals surface area contributed by atoms with Crippen molar-refractivity contribution >= 4 is 5.91 Å². The fourth-order valence-electron chi connectivity index (χ4n) is 2.97. The Bertz CT molecular complexity index is 466. The van der Waals surface area contributed by atoms with Gasteiger partial charge in [-0.15, -0.1) is 0 Å². The van der Waals surface area contributed by atoms with E-state index in [0.717, 1.165) is 18.6 Å². The van der Waals surface area contributed by atoms with Crippen molar-refractivity contribution in [2.75, 3.05) is 13.7 Å². The van der Waals surface area contributed by atoms with Crippen LogP contribution in [-0.2, 0) is 4.79 Å². The van der Waals surface area contributed by atoms with Crippen molar-refractivity contribution in [2.24, 2.45) is 0 Å². The van der Waals surface area contributed by atoms with E-state index in [0.29, 0.717) is 18.4 Å². The Kier molecular flexibility index (Phi) is 6.10. The first-order valence-corrected chi connectivity index (χ1v) is 8.28. The lowest BCUT2D eigenvalue weighted by atomic mass is 9.94. The number of carbonyl (C=O) groups is 1. The first-order chi connectivity index (χ1) is 10.6. The van der Waals surface area contributed by atoms with Gasteiger partial charge in [0, 0.05) is 13.1 Å². The van der Waals surface area contributed by atoms with Crippen molar-refractivity contribution in [3.63, 3.8) is 0 Å². The van der Waals surface area contributed by atoms with E-state index in [-0.39, 0.29) is 5.91 Å². The minimum Gasteiger partial charge on any atom is -0.494 e. The number of ether oxygens (including phenoxy) is 2. The number of benzene rings is 1. The molecule has 0 N–H and O–H groups in total. The normalized spacial score (nSPS) is 16.9. The largest absolute Gasteiger partial charge is 0.494 e. The molecule has 4 heteroatoms. The zero-order chi connectivity index (χ0) is 15.9. The molecule has 0 bridgehead atoms. The van der Waals surface area contributed by atoms with Gasteiger partial charge < -0.3 is 14.4 Å². The topological polar surface area (TPSA) is 38.8 Å². The van der Waals surface area contributed by atoms with Crippen LogP contribution in [0.2, 0.25) is 0 Å². The Labute approximate surface area is 133 Å². The molecule has 1 fully saturated rings. The van der Waals surface area contributed by atoms with Gasteiger partial charge in [0.05, 0.1) is 6.61 Å². The van der Waals surface area contributed by atoms with Gasteiger partial charge in [-0.3, -0.25) is 4.79 Å². The molecule has 2 rings (SSSR count). The Morgan fingerprint density at radius 1 is 1.18 bits per heavy atom. The van der Waals surface area contributed by atoms with Crippen molar-refractivity contribution < 1.29 is 14.3 Å². The summed E-state index contributed by atoms with van der Waals surface area (Å²) in [5.41, 5.74) is 0. The van der Waals surface area contributed by atoms with Crippen LogP contribution in [-0.4, -0.2) is 36.6 Å². The van der Waals surface area contributed by atoms with Gasteiger partial charge in [0.1, 0.15) is 11.5 Å². The molecule has 1 saturated carbocycles. The van der Waals surface area contributed by atoms with E-state index >= 15 is 0 Å². The predicted molar refractivity (Wildman–Crippen MR) is 87.3 cm³/mol. The summed E-state index contributed by atoms with van der Waals surface area (Å²) in [6.45, 7) is 4.41. The van der Waals surface area contributed by atoms with Crippen LogP contribution in [0.4, 0.5) is 0 Å². The van der Waals surface area contributed by atoms with E-state index in [2.05, 4.69) is 0 Å². The Morgan fingerprint density at radius 2 is 1.77 bits per heavy atom. The van der Waals surface area contributed by atoms with Crippen molar-refractivity contribution in [1.82, 2.24) is 4.90 Å². The zero-order valence-electron chi connectivity index (χ0n) is 13.9. The molecule has 22 heavy (non-hydrogen) atoms. The zero-order valence-corrected chi connectivity index (χ0v) is 13.9. The second kappa shape index (κ2) is 8.06. The number of amides is 1. The number of nitrogens with zero attached hydrogens (tertiary/aromatic N) is 1. The fourth-order valence-corrected chi connectivity index (χ4v) is 2.97. The highest BCUT2D eigenvalue weighted by atomic mass is 16.5. The molecular weight excluding hydrogens is 278 g/mol. The van der Waals surface area contributed by atoms with E-state index in [1.165, 1.54) is 19.3 Å². The van der Waals surface area contributed by atoms with E-state index in [4.69, 9.17) is 9.47 Å². The van der Waals surface area contributed by atoms with Crippen LogP contribution in [0, 0.1) is 0 Å². The van der Waals surface area contributed by atoms with Crippen LogP contribution in [0.15, 0.2) is 24.3 Å². The number of hydrogen-bond acceptors (Lipinski definition) is 3. The first-order valence-electron chi connectivity index (χ1n) is 8.28. The summed E-state index contributed by atoms with van der Waals surface area (Å²) in [7, 11) is 1.90. The Hall–Kier alpha value is -1.71. The van der Waals surface area contributed by atoms with Crippen molar-refractivity contribution in [1.29, 1.82) is 0 Å². The second-order valence-corrected chi connectivity index (χ2v) is 5.91. The summed E-state index contributed by atoms with van der Waals surface area (Å²) in [6.07, 6.45) is 5.48. The average Bonchev–Trinajstić information content (AvgIpc) is 2.56. The third-order valence-electron chi connectivity index (χ3n) is 4.27. The van der Waals surface area contributed by atoms with Crippen molar-refractivity contribution in [2.45, 2.75) is 58.1 Å². The lowest BCUT2D eigenvalue weighted by Crippen LogP contribution is -2.44. The summed E-state index contributed by atoms with van der Waals surface area (Å²) in [5, 5.41) is 0. The lowest BCUT2D eigenvalue weighted by Gasteiger charge is -2.32.